The third-order valence-electron chi connectivity index (χ3n) is 11.0. The standard InChI is InChI=1S/C56H96O6/c1-4-7-10-13-16-19-22-25-26-27-28-29-30-32-34-37-40-43-46-49-55(58)61-52-53(51-60-54(57)48-45-42-39-36-33-24-21-18-15-12-9-6-3)62-56(59)50-47-44-41-38-35-31-23-20-17-14-11-8-5-2/h8-9,11-12,14,17-18,20-21,23,33,36,53H,4-7,10,13,15-16,19,22,24-32,34-35,37-52H2,1-3H3/b11-8-,12-9-,17-14-,21-18-,23-20-,36-33-. The highest BCUT2D eigenvalue weighted by Crippen LogP contribution is 2.16. The number of esters is 3. The van der Waals surface area contributed by atoms with Crippen molar-refractivity contribution in [3.8, 4) is 0 Å². The normalized spacial score (nSPS) is 12.6. The molecule has 0 fully saturated rings. The van der Waals surface area contributed by atoms with Gasteiger partial charge in [-0.1, -0.05) is 229 Å². The molecule has 62 heavy (non-hydrogen) atoms. The van der Waals surface area contributed by atoms with Crippen molar-refractivity contribution in [3.63, 3.8) is 0 Å². The first kappa shape index (κ1) is 58.9. The molecule has 356 valence electrons. The zero-order valence-corrected chi connectivity index (χ0v) is 40.6. The van der Waals surface area contributed by atoms with E-state index < -0.39 is 6.10 Å². The van der Waals surface area contributed by atoms with Crippen molar-refractivity contribution in [1.82, 2.24) is 0 Å². The van der Waals surface area contributed by atoms with E-state index in [2.05, 4.69) is 93.7 Å². The second-order valence-corrected chi connectivity index (χ2v) is 17.1. The lowest BCUT2D eigenvalue weighted by Crippen LogP contribution is -2.30. The van der Waals surface area contributed by atoms with Crippen LogP contribution in [0.4, 0.5) is 0 Å². The Morgan fingerprint density at radius 3 is 1.19 bits per heavy atom. The summed E-state index contributed by atoms with van der Waals surface area (Å²) in [4.78, 5) is 37.9. The Labute approximate surface area is 382 Å². The number of rotatable bonds is 46. The monoisotopic (exact) mass is 865 g/mol. The molecular weight excluding hydrogens is 769 g/mol. The first-order valence-electron chi connectivity index (χ1n) is 26.0. The Morgan fingerprint density at radius 2 is 0.710 bits per heavy atom. The van der Waals surface area contributed by atoms with Gasteiger partial charge in [0.05, 0.1) is 0 Å². The molecule has 6 nitrogen and oxygen atoms in total. The zero-order chi connectivity index (χ0) is 45.1. The van der Waals surface area contributed by atoms with Crippen LogP contribution in [-0.2, 0) is 28.6 Å². The third kappa shape index (κ3) is 47.9. The maximum Gasteiger partial charge on any atom is 0.306 e. The number of carbonyl (C=O) groups excluding carboxylic acids is 3. The van der Waals surface area contributed by atoms with E-state index in [1.54, 1.807) is 0 Å². The van der Waals surface area contributed by atoms with Crippen LogP contribution < -0.4 is 0 Å². The second-order valence-electron chi connectivity index (χ2n) is 17.1. The maximum atomic E-state index is 12.8. The fourth-order valence-electron chi connectivity index (χ4n) is 7.16. The third-order valence-corrected chi connectivity index (χ3v) is 11.0. The molecule has 0 aromatic carbocycles. The van der Waals surface area contributed by atoms with Gasteiger partial charge in [-0.25, -0.2) is 0 Å². The zero-order valence-electron chi connectivity index (χ0n) is 40.6. The topological polar surface area (TPSA) is 78.9 Å². The molecule has 0 radical (unpaired) electrons. The van der Waals surface area contributed by atoms with Gasteiger partial charge in [0.2, 0.25) is 0 Å². The molecule has 0 spiro atoms. The molecule has 0 aromatic rings. The van der Waals surface area contributed by atoms with Crippen LogP contribution in [-0.4, -0.2) is 37.2 Å². The SMILES string of the molecule is CC\C=C/C=C\C=C/CCCCCCCC(=O)OC(COC(=O)CCCC/C=C\C/C=C\C/C=C\CC)COC(=O)CCCCCCCCCCCCCCCCCCCCC. The van der Waals surface area contributed by atoms with Crippen LogP contribution in [0.15, 0.2) is 72.9 Å². The lowest BCUT2D eigenvalue weighted by Gasteiger charge is -2.18. The Morgan fingerprint density at radius 1 is 0.355 bits per heavy atom. The van der Waals surface area contributed by atoms with Crippen LogP contribution in [0.5, 0.6) is 0 Å². The largest absolute Gasteiger partial charge is 0.462 e. The Balaban J connectivity index is 4.36. The van der Waals surface area contributed by atoms with E-state index in [1.165, 1.54) is 103 Å². The van der Waals surface area contributed by atoms with E-state index >= 15 is 0 Å². The van der Waals surface area contributed by atoms with Gasteiger partial charge in [-0.3, -0.25) is 14.4 Å². The predicted molar refractivity (Wildman–Crippen MR) is 265 cm³/mol. The molecule has 6 heteroatoms. The van der Waals surface area contributed by atoms with Gasteiger partial charge in [0.1, 0.15) is 13.2 Å². The highest BCUT2D eigenvalue weighted by Gasteiger charge is 2.19. The molecule has 0 aliphatic rings. The highest BCUT2D eigenvalue weighted by molar-refractivity contribution is 5.71. The van der Waals surface area contributed by atoms with Gasteiger partial charge in [0.15, 0.2) is 6.10 Å². The van der Waals surface area contributed by atoms with Crippen molar-refractivity contribution in [2.45, 2.75) is 252 Å². The molecule has 0 aliphatic heterocycles. The van der Waals surface area contributed by atoms with Gasteiger partial charge >= 0.3 is 17.9 Å². The molecule has 0 aliphatic carbocycles. The fourth-order valence-corrected chi connectivity index (χ4v) is 7.16. The van der Waals surface area contributed by atoms with E-state index in [-0.39, 0.29) is 31.1 Å². The molecule has 0 amide bonds. The van der Waals surface area contributed by atoms with Crippen molar-refractivity contribution < 1.29 is 28.6 Å². The van der Waals surface area contributed by atoms with Gasteiger partial charge in [-0.05, 0) is 70.6 Å². The van der Waals surface area contributed by atoms with Crippen molar-refractivity contribution in [2.24, 2.45) is 0 Å². The summed E-state index contributed by atoms with van der Waals surface area (Å²) in [6.45, 7) is 6.35. The first-order valence-corrected chi connectivity index (χ1v) is 26.0. The fraction of sp³-hybridized carbons (Fsp3) is 0.732. The molecule has 0 rings (SSSR count). The number of allylic oxidation sites excluding steroid dienone is 12. The number of ether oxygens (including phenoxy) is 3. The molecule has 0 bridgehead atoms. The number of unbranched alkanes of at least 4 members (excludes halogenated alkanes) is 25. The second kappa shape index (κ2) is 50.5. The van der Waals surface area contributed by atoms with Crippen LogP contribution in [0.2, 0.25) is 0 Å². The Hall–Kier alpha value is -3.15. The van der Waals surface area contributed by atoms with Crippen LogP contribution >= 0.6 is 0 Å². The summed E-state index contributed by atoms with van der Waals surface area (Å²) >= 11 is 0. The number of carbonyl (C=O) groups is 3. The maximum absolute atomic E-state index is 12.8. The molecule has 0 aromatic heterocycles. The van der Waals surface area contributed by atoms with Crippen molar-refractivity contribution in [3.05, 3.63) is 72.9 Å². The van der Waals surface area contributed by atoms with E-state index in [1.807, 2.05) is 0 Å². The average Bonchev–Trinajstić information content (AvgIpc) is 3.27. The molecule has 0 saturated carbocycles. The predicted octanol–water partition coefficient (Wildman–Crippen LogP) is 17.0. The van der Waals surface area contributed by atoms with Crippen LogP contribution in [0, 0.1) is 0 Å². The summed E-state index contributed by atoms with van der Waals surface area (Å²) in [6, 6.07) is 0. The van der Waals surface area contributed by atoms with Gasteiger partial charge in [-0.15, -0.1) is 0 Å². The molecule has 0 N–H and O–H groups in total. The molecule has 1 atom stereocenters. The van der Waals surface area contributed by atoms with Crippen LogP contribution in [0.1, 0.15) is 245 Å². The lowest BCUT2D eigenvalue weighted by atomic mass is 10.0. The summed E-state index contributed by atoms with van der Waals surface area (Å²) in [5, 5.41) is 0. The van der Waals surface area contributed by atoms with E-state index in [0.29, 0.717) is 19.3 Å². The van der Waals surface area contributed by atoms with E-state index in [4.69, 9.17) is 14.2 Å². The highest BCUT2D eigenvalue weighted by atomic mass is 16.6. The molecule has 0 saturated heterocycles. The minimum absolute atomic E-state index is 0.0945. The summed E-state index contributed by atoms with van der Waals surface area (Å²) in [7, 11) is 0. The van der Waals surface area contributed by atoms with Crippen molar-refractivity contribution >= 4 is 17.9 Å². The minimum Gasteiger partial charge on any atom is -0.462 e. The summed E-state index contributed by atoms with van der Waals surface area (Å²) in [5.41, 5.74) is 0. The number of hydrogen-bond acceptors (Lipinski definition) is 6. The van der Waals surface area contributed by atoms with E-state index in [0.717, 1.165) is 103 Å². The van der Waals surface area contributed by atoms with Crippen LogP contribution in [0.3, 0.4) is 0 Å². The molecular formula is C56H96O6. The van der Waals surface area contributed by atoms with Gasteiger partial charge < -0.3 is 14.2 Å². The van der Waals surface area contributed by atoms with Gasteiger partial charge in [0, 0.05) is 19.3 Å². The first-order chi connectivity index (χ1) is 30.5. The minimum atomic E-state index is -0.799. The van der Waals surface area contributed by atoms with Crippen LogP contribution in [0.25, 0.3) is 0 Å². The van der Waals surface area contributed by atoms with Crippen molar-refractivity contribution in [1.29, 1.82) is 0 Å². The molecule has 0 heterocycles. The van der Waals surface area contributed by atoms with Crippen molar-refractivity contribution in [2.75, 3.05) is 13.2 Å². The van der Waals surface area contributed by atoms with E-state index in [9.17, 15) is 14.4 Å². The summed E-state index contributed by atoms with van der Waals surface area (Å²) < 4.78 is 16.7. The summed E-state index contributed by atoms with van der Waals surface area (Å²) in [6.07, 6.45) is 63.3. The molecule has 1 unspecified atom stereocenters. The number of hydrogen-bond donors (Lipinski definition) is 0. The van der Waals surface area contributed by atoms with Gasteiger partial charge in [-0.2, -0.15) is 0 Å². The quantitative estimate of drug-likeness (QED) is 0.0199. The summed E-state index contributed by atoms with van der Waals surface area (Å²) in [5.74, 6) is -0.954. The lowest BCUT2D eigenvalue weighted by molar-refractivity contribution is -0.167. The Bertz CT molecular complexity index is 1180. The Kier molecular flexibility index (Phi) is 47.9. The smallest absolute Gasteiger partial charge is 0.306 e. The average molecular weight is 865 g/mol. The van der Waals surface area contributed by atoms with Gasteiger partial charge in [0.25, 0.3) is 0 Å².